The van der Waals surface area contributed by atoms with Crippen molar-refractivity contribution >= 4 is 0 Å². The summed E-state index contributed by atoms with van der Waals surface area (Å²) in [7, 11) is 0. The molecule has 0 bridgehead atoms. The van der Waals surface area contributed by atoms with E-state index in [1.807, 2.05) is 0 Å². The van der Waals surface area contributed by atoms with Crippen molar-refractivity contribution in [1.82, 2.24) is 0 Å². The minimum atomic E-state index is 0.856. The standard InChI is InChI=1S/C10H18/c1-4-9-8(3)10(9)6-5-7(10)2/h7-9H,4-6H2,1-3H3. The fraction of sp³-hybridized carbons (Fsp3) is 1.00. The van der Waals surface area contributed by atoms with Crippen LogP contribution >= 0.6 is 0 Å². The van der Waals surface area contributed by atoms with Crippen molar-refractivity contribution in [2.24, 2.45) is 23.2 Å². The fourth-order valence-corrected chi connectivity index (χ4v) is 3.48. The molecule has 58 valence electrons. The van der Waals surface area contributed by atoms with E-state index in [1.165, 1.54) is 19.3 Å². The van der Waals surface area contributed by atoms with Crippen molar-refractivity contribution < 1.29 is 0 Å². The van der Waals surface area contributed by atoms with E-state index in [1.54, 1.807) is 0 Å². The minimum Gasteiger partial charge on any atom is -0.0651 e. The molecule has 0 N–H and O–H groups in total. The van der Waals surface area contributed by atoms with Crippen LogP contribution in [0.4, 0.5) is 0 Å². The molecule has 0 aromatic rings. The van der Waals surface area contributed by atoms with Gasteiger partial charge in [-0.2, -0.15) is 0 Å². The molecule has 2 aliphatic rings. The Balaban J connectivity index is 2.07. The van der Waals surface area contributed by atoms with Gasteiger partial charge in [0, 0.05) is 0 Å². The maximum Gasteiger partial charge on any atom is -0.0212 e. The molecule has 10 heavy (non-hydrogen) atoms. The molecule has 0 saturated heterocycles. The summed E-state index contributed by atoms with van der Waals surface area (Å²) in [5, 5.41) is 0. The van der Waals surface area contributed by atoms with Crippen molar-refractivity contribution in [3.63, 3.8) is 0 Å². The van der Waals surface area contributed by atoms with Crippen molar-refractivity contribution in [2.45, 2.75) is 40.0 Å². The first-order chi connectivity index (χ1) is 4.73. The summed E-state index contributed by atoms with van der Waals surface area (Å²) in [6, 6.07) is 0. The lowest BCUT2D eigenvalue weighted by Gasteiger charge is -2.36. The molecule has 0 heteroatoms. The van der Waals surface area contributed by atoms with E-state index < -0.39 is 0 Å². The molecule has 2 saturated carbocycles. The molecule has 2 rings (SSSR count). The van der Waals surface area contributed by atoms with Gasteiger partial charge < -0.3 is 0 Å². The quantitative estimate of drug-likeness (QED) is 0.522. The lowest BCUT2D eigenvalue weighted by Crippen LogP contribution is -2.27. The largest absolute Gasteiger partial charge is 0.0651 e. The third-order valence-corrected chi connectivity index (χ3v) is 4.40. The van der Waals surface area contributed by atoms with Crippen LogP contribution in [0, 0.1) is 23.2 Å². The maximum atomic E-state index is 2.45. The summed E-state index contributed by atoms with van der Waals surface area (Å²) in [6.07, 6.45) is 4.46. The first-order valence-electron chi connectivity index (χ1n) is 4.73. The topological polar surface area (TPSA) is 0 Å². The van der Waals surface area contributed by atoms with Crippen molar-refractivity contribution in [3.8, 4) is 0 Å². The SMILES string of the molecule is CCC1C(C)C12CCC2C. The van der Waals surface area contributed by atoms with Gasteiger partial charge in [-0.25, -0.2) is 0 Å². The molecule has 0 amide bonds. The smallest absolute Gasteiger partial charge is 0.0212 e. The number of rotatable bonds is 1. The van der Waals surface area contributed by atoms with Crippen LogP contribution in [0.5, 0.6) is 0 Å². The average Bonchev–Trinajstić information content (AvgIpc) is 2.55. The highest BCUT2D eigenvalue weighted by Gasteiger charge is 2.66. The number of hydrogen-bond donors (Lipinski definition) is 0. The molecule has 0 aromatic carbocycles. The molecule has 2 aliphatic carbocycles. The summed E-state index contributed by atoms with van der Waals surface area (Å²) in [6.45, 7) is 7.24. The van der Waals surface area contributed by atoms with Crippen LogP contribution in [0.2, 0.25) is 0 Å². The summed E-state index contributed by atoms with van der Waals surface area (Å²) in [5.41, 5.74) is 0.856. The van der Waals surface area contributed by atoms with E-state index in [0.717, 1.165) is 23.2 Å². The van der Waals surface area contributed by atoms with Gasteiger partial charge in [-0.3, -0.25) is 0 Å². The fourth-order valence-electron chi connectivity index (χ4n) is 3.48. The Bertz CT molecular complexity index is 150. The highest BCUT2D eigenvalue weighted by Crippen LogP contribution is 2.73. The first kappa shape index (κ1) is 6.69. The Morgan fingerprint density at radius 1 is 1.40 bits per heavy atom. The van der Waals surface area contributed by atoms with Crippen LogP contribution in [-0.4, -0.2) is 0 Å². The average molecular weight is 138 g/mol. The lowest BCUT2D eigenvalue weighted by atomic mass is 9.69. The first-order valence-corrected chi connectivity index (χ1v) is 4.73. The third-order valence-electron chi connectivity index (χ3n) is 4.40. The van der Waals surface area contributed by atoms with Crippen molar-refractivity contribution in [2.75, 3.05) is 0 Å². The zero-order valence-electron chi connectivity index (χ0n) is 7.35. The van der Waals surface area contributed by atoms with E-state index in [9.17, 15) is 0 Å². The second kappa shape index (κ2) is 1.78. The maximum absolute atomic E-state index is 2.45. The highest BCUT2D eigenvalue weighted by molar-refractivity contribution is 5.15. The van der Waals surface area contributed by atoms with E-state index in [4.69, 9.17) is 0 Å². The van der Waals surface area contributed by atoms with Crippen LogP contribution in [-0.2, 0) is 0 Å². The number of hydrogen-bond acceptors (Lipinski definition) is 0. The van der Waals surface area contributed by atoms with Crippen LogP contribution in [0.3, 0.4) is 0 Å². The zero-order valence-corrected chi connectivity index (χ0v) is 7.35. The molecule has 1 spiro atoms. The van der Waals surface area contributed by atoms with Gasteiger partial charge in [0.2, 0.25) is 0 Å². The van der Waals surface area contributed by atoms with E-state index in [2.05, 4.69) is 20.8 Å². The predicted molar refractivity (Wildman–Crippen MR) is 43.8 cm³/mol. The lowest BCUT2D eigenvalue weighted by molar-refractivity contribution is 0.133. The second-order valence-corrected chi connectivity index (χ2v) is 4.36. The van der Waals surface area contributed by atoms with E-state index in [0.29, 0.717) is 0 Å². The van der Waals surface area contributed by atoms with Crippen molar-refractivity contribution in [1.29, 1.82) is 0 Å². The van der Waals surface area contributed by atoms with Crippen molar-refractivity contribution in [3.05, 3.63) is 0 Å². The molecule has 4 unspecified atom stereocenters. The van der Waals surface area contributed by atoms with Gasteiger partial charge in [-0.15, -0.1) is 0 Å². The molecular formula is C10H18. The summed E-state index contributed by atoms with van der Waals surface area (Å²) < 4.78 is 0. The van der Waals surface area contributed by atoms with Gasteiger partial charge in [-0.05, 0) is 36.0 Å². The Kier molecular flexibility index (Phi) is 1.19. The Labute approximate surface area is 64.0 Å². The van der Waals surface area contributed by atoms with Crippen LogP contribution < -0.4 is 0 Å². The summed E-state index contributed by atoms with van der Waals surface area (Å²) >= 11 is 0. The van der Waals surface area contributed by atoms with Gasteiger partial charge >= 0.3 is 0 Å². The Morgan fingerprint density at radius 2 is 2.10 bits per heavy atom. The molecule has 4 atom stereocenters. The molecule has 2 fully saturated rings. The van der Waals surface area contributed by atoms with Gasteiger partial charge in [0.25, 0.3) is 0 Å². The van der Waals surface area contributed by atoms with Crippen LogP contribution in [0.25, 0.3) is 0 Å². The highest BCUT2D eigenvalue weighted by atomic mass is 14.7. The molecule has 0 radical (unpaired) electrons. The molecule has 0 aromatic heterocycles. The molecule has 0 aliphatic heterocycles. The zero-order chi connectivity index (χ0) is 7.35. The minimum absolute atomic E-state index is 0.856. The monoisotopic (exact) mass is 138 g/mol. The Hall–Kier alpha value is 0. The van der Waals surface area contributed by atoms with Gasteiger partial charge in [0.05, 0.1) is 0 Å². The predicted octanol–water partition coefficient (Wildman–Crippen LogP) is 3.08. The Morgan fingerprint density at radius 3 is 2.20 bits per heavy atom. The molecule has 0 nitrogen and oxygen atoms in total. The molecular weight excluding hydrogens is 120 g/mol. The summed E-state index contributed by atoms with van der Waals surface area (Å²) in [4.78, 5) is 0. The van der Waals surface area contributed by atoms with Gasteiger partial charge in [0.15, 0.2) is 0 Å². The van der Waals surface area contributed by atoms with E-state index >= 15 is 0 Å². The van der Waals surface area contributed by atoms with Crippen LogP contribution in [0.15, 0.2) is 0 Å². The second-order valence-electron chi connectivity index (χ2n) is 4.36. The summed E-state index contributed by atoms with van der Waals surface area (Å²) in [5.74, 6) is 3.20. The normalized spacial score (nSPS) is 58.5. The van der Waals surface area contributed by atoms with Gasteiger partial charge in [-0.1, -0.05) is 27.2 Å². The van der Waals surface area contributed by atoms with Crippen LogP contribution in [0.1, 0.15) is 40.0 Å². The van der Waals surface area contributed by atoms with Gasteiger partial charge in [0.1, 0.15) is 0 Å². The molecule has 0 heterocycles. The third kappa shape index (κ3) is 0.500. The van der Waals surface area contributed by atoms with E-state index in [-0.39, 0.29) is 0 Å².